The van der Waals surface area contributed by atoms with Gasteiger partial charge >= 0.3 is 0 Å². The number of sulfonamides is 1. The molecule has 0 aliphatic heterocycles. The first-order valence-electron chi connectivity index (χ1n) is 12.9. The van der Waals surface area contributed by atoms with Crippen LogP contribution in [0.25, 0.3) is 0 Å². The number of hydrogen-bond acceptors (Lipinski definition) is 5. The smallest absolute Gasteiger partial charge is 0.238 e. The van der Waals surface area contributed by atoms with Gasteiger partial charge in [0.1, 0.15) is 11.5 Å². The molecular weight excluding hydrogens is 476 g/mol. The molecule has 2 atom stereocenters. The third-order valence-corrected chi connectivity index (χ3v) is 10.5. The van der Waals surface area contributed by atoms with Gasteiger partial charge in [-0.2, -0.15) is 4.31 Å². The summed E-state index contributed by atoms with van der Waals surface area (Å²) in [6.45, 7) is 6.70. The summed E-state index contributed by atoms with van der Waals surface area (Å²) in [4.78, 5) is 28.2. The van der Waals surface area contributed by atoms with Gasteiger partial charge in [-0.25, -0.2) is 8.42 Å². The Morgan fingerprint density at radius 3 is 2.44 bits per heavy atom. The van der Waals surface area contributed by atoms with Crippen molar-refractivity contribution in [3.63, 3.8) is 0 Å². The molecule has 2 unspecified atom stereocenters. The van der Waals surface area contributed by atoms with Crippen LogP contribution in [-0.4, -0.2) is 54.7 Å². The Balaban J connectivity index is 1.52. The zero-order valence-electron chi connectivity index (χ0n) is 21.6. The van der Waals surface area contributed by atoms with E-state index in [1.54, 1.807) is 17.2 Å². The number of carbonyl (C=O) groups excluding carboxylic acids is 2. The van der Waals surface area contributed by atoms with Crippen LogP contribution in [-0.2, 0) is 32.6 Å². The van der Waals surface area contributed by atoms with Gasteiger partial charge in [-0.3, -0.25) is 9.59 Å². The van der Waals surface area contributed by atoms with Crippen molar-refractivity contribution in [1.29, 1.82) is 0 Å². The van der Waals surface area contributed by atoms with E-state index in [1.165, 1.54) is 4.31 Å². The molecule has 1 aromatic carbocycles. The van der Waals surface area contributed by atoms with E-state index in [4.69, 9.17) is 4.42 Å². The zero-order valence-corrected chi connectivity index (χ0v) is 22.4. The monoisotopic (exact) mass is 514 g/mol. The summed E-state index contributed by atoms with van der Waals surface area (Å²) in [5, 5.41) is 0. The molecule has 0 radical (unpaired) electrons. The van der Waals surface area contributed by atoms with E-state index < -0.39 is 15.4 Å². The van der Waals surface area contributed by atoms with Crippen molar-refractivity contribution >= 4 is 21.7 Å². The van der Waals surface area contributed by atoms with Crippen molar-refractivity contribution in [2.75, 3.05) is 25.4 Å². The van der Waals surface area contributed by atoms with E-state index in [0.29, 0.717) is 38.0 Å². The minimum Gasteiger partial charge on any atom is -0.467 e. The SMILES string of the molecule is CCCN(CC(=O)N(CCc1ccccc1)Cc1ccco1)S(=O)(=O)CC12CCC(CC1=O)C2(C)C. The molecule has 1 aromatic heterocycles. The normalized spacial score (nSPS) is 22.9. The lowest BCUT2D eigenvalue weighted by Crippen LogP contribution is -2.49. The first kappa shape index (κ1) is 26.6. The molecule has 4 rings (SSSR count). The molecule has 36 heavy (non-hydrogen) atoms. The summed E-state index contributed by atoms with van der Waals surface area (Å²) in [7, 11) is -3.83. The van der Waals surface area contributed by atoms with Crippen molar-refractivity contribution in [3.8, 4) is 0 Å². The second-order valence-corrected chi connectivity index (χ2v) is 12.9. The second kappa shape index (κ2) is 10.5. The molecule has 2 aliphatic rings. The van der Waals surface area contributed by atoms with E-state index >= 15 is 0 Å². The topological polar surface area (TPSA) is 87.9 Å². The largest absolute Gasteiger partial charge is 0.467 e. The fraction of sp³-hybridized carbons (Fsp3) is 0.571. The number of amides is 1. The van der Waals surface area contributed by atoms with Gasteiger partial charge in [-0.05, 0) is 54.7 Å². The van der Waals surface area contributed by atoms with Gasteiger partial charge in [0.05, 0.1) is 25.1 Å². The van der Waals surface area contributed by atoms with Crippen molar-refractivity contribution in [2.45, 2.75) is 59.4 Å². The lowest BCUT2D eigenvalue weighted by Gasteiger charge is -2.37. The molecule has 7 nitrogen and oxygen atoms in total. The lowest BCUT2D eigenvalue weighted by molar-refractivity contribution is -0.132. The van der Waals surface area contributed by atoms with Crippen LogP contribution in [0.3, 0.4) is 0 Å². The Morgan fingerprint density at radius 2 is 1.86 bits per heavy atom. The number of fused-ring (bicyclic) bond motifs is 2. The third kappa shape index (κ3) is 5.16. The van der Waals surface area contributed by atoms with Crippen LogP contribution in [0.1, 0.15) is 57.8 Å². The van der Waals surface area contributed by atoms with Crippen LogP contribution in [0, 0.1) is 16.7 Å². The Hall–Kier alpha value is -2.45. The minimum absolute atomic E-state index is 0.0670. The summed E-state index contributed by atoms with van der Waals surface area (Å²) in [6, 6.07) is 13.5. The van der Waals surface area contributed by atoms with Gasteiger partial charge in [-0.15, -0.1) is 0 Å². The first-order chi connectivity index (χ1) is 17.1. The number of carbonyl (C=O) groups is 2. The summed E-state index contributed by atoms with van der Waals surface area (Å²) in [5.74, 6) is 0.479. The summed E-state index contributed by atoms with van der Waals surface area (Å²) in [6.07, 6.45) is 4.77. The average molecular weight is 515 g/mol. The highest BCUT2D eigenvalue weighted by atomic mass is 32.2. The van der Waals surface area contributed by atoms with Crippen molar-refractivity contribution in [1.82, 2.24) is 9.21 Å². The Labute approximate surface area is 214 Å². The highest BCUT2D eigenvalue weighted by Crippen LogP contribution is 2.64. The van der Waals surface area contributed by atoms with Crippen LogP contribution in [0.2, 0.25) is 0 Å². The third-order valence-electron chi connectivity index (χ3n) is 8.54. The molecular formula is C28H38N2O5S. The molecule has 0 N–H and O–H groups in total. The molecule has 196 valence electrons. The van der Waals surface area contributed by atoms with E-state index in [1.807, 2.05) is 57.2 Å². The highest BCUT2D eigenvalue weighted by molar-refractivity contribution is 7.89. The fourth-order valence-electron chi connectivity index (χ4n) is 6.12. The average Bonchev–Trinajstić information content (AvgIpc) is 3.48. The molecule has 8 heteroatoms. The molecule has 0 saturated heterocycles. The Kier molecular flexibility index (Phi) is 7.76. The standard InChI is InChI=1S/C28H38N2O5S/c1-4-15-30(36(33,34)21-28-14-12-23(18-25(28)31)27(28,2)3)20-26(32)29(19-24-11-8-17-35-24)16-13-22-9-6-5-7-10-22/h5-11,17,23H,4,12-16,18-21H2,1-3H3. The molecule has 1 amide bonds. The maximum atomic E-state index is 13.7. The van der Waals surface area contributed by atoms with Gasteiger partial charge in [-0.1, -0.05) is 51.1 Å². The van der Waals surface area contributed by atoms with Crippen molar-refractivity contribution in [3.05, 3.63) is 60.1 Å². The summed E-state index contributed by atoms with van der Waals surface area (Å²) < 4.78 is 34.2. The molecule has 0 spiro atoms. The van der Waals surface area contributed by atoms with E-state index in [0.717, 1.165) is 12.0 Å². The molecule has 2 aliphatic carbocycles. The molecule has 2 saturated carbocycles. The second-order valence-electron chi connectivity index (χ2n) is 10.9. The van der Waals surface area contributed by atoms with Crippen LogP contribution < -0.4 is 0 Å². The zero-order chi connectivity index (χ0) is 26.0. The van der Waals surface area contributed by atoms with Crippen molar-refractivity contribution in [2.24, 2.45) is 16.7 Å². The van der Waals surface area contributed by atoms with Gasteiger partial charge in [0.15, 0.2) is 0 Å². The molecule has 1 heterocycles. The van der Waals surface area contributed by atoms with Gasteiger partial charge in [0.25, 0.3) is 0 Å². The van der Waals surface area contributed by atoms with E-state index in [9.17, 15) is 18.0 Å². The number of nitrogens with zero attached hydrogens (tertiary/aromatic N) is 2. The number of benzene rings is 1. The Morgan fingerprint density at radius 1 is 1.11 bits per heavy atom. The number of hydrogen-bond donors (Lipinski definition) is 0. The predicted molar refractivity (Wildman–Crippen MR) is 138 cm³/mol. The van der Waals surface area contributed by atoms with Crippen LogP contribution in [0.15, 0.2) is 53.1 Å². The Bertz CT molecular complexity index is 1160. The number of rotatable bonds is 12. The number of ketones is 1. The van der Waals surface area contributed by atoms with Gasteiger partial charge < -0.3 is 9.32 Å². The minimum atomic E-state index is -3.83. The van der Waals surface area contributed by atoms with Gasteiger partial charge in [0.2, 0.25) is 15.9 Å². The van der Waals surface area contributed by atoms with Crippen LogP contribution in [0.4, 0.5) is 0 Å². The quantitative estimate of drug-likeness (QED) is 0.422. The highest BCUT2D eigenvalue weighted by Gasteiger charge is 2.65. The maximum absolute atomic E-state index is 13.7. The van der Waals surface area contributed by atoms with Crippen molar-refractivity contribution < 1.29 is 22.4 Å². The summed E-state index contributed by atoms with van der Waals surface area (Å²) in [5.41, 5.74) is -0.100. The number of furan rings is 1. The van der Waals surface area contributed by atoms with Crippen LogP contribution in [0.5, 0.6) is 0 Å². The van der Waals surface area contributed by atoms with E-state index in [2.05, 4.69) is 0 Å². The molecule has 2 fully saturated rings. The molecule has 2 aromatic rings. The summed E-state index contributed by atoms with van der Waals surface area (Å²) >= 11 is 0. The fourth-order valence-corrected chi connectivity index (χ4v) is 8.37. The van der Waals surface area contributed by atoms with Crippen LogP contribution >= 0.6 is 0 Å². The predicted octanol–water partition coefficient (Wildman–Crippen LogP) is 4.29. The maximum Gasteiger partial charge on any atom is 0.238 e. The number of Topliss-reactive ketones (excluding diaryl/α,β-unsaturated/α-hetero) is 1. The lowest BCUT2D eigenvalue weighted by atomic mass is 9.70. The van der Waals surface area contributed by atoms with Gasteiger partial charge in [0, 0.05) is 24.9 Å². The van der Waals surface area contributed by atoms with E-state index in [-0.39, 0.29) is 48.4 Å². The molecule has 2 bridgehead atoms. The first-order valence-corrected chi connectivity index (χ1v) is 14.5.